The third kappa shape index (κ3) is 2.44. The summed E-state index contributed by atoms with van der Waals surface area (Å²) in [5, 5.41) is 11.7. The Hall–Kier alpha value is -2.91. The summed E-state index contributed by atoms with van der Waals surface area (Å²) in [7, 11) is 0. The molecule has 0 aliphatic carbocycles. The number of aliphatic hydroxyl groups is 1. The molecule has 1 amide bonds. The highest BCUT2D eigenvalue weighted by molar-refractivity contribution is 6.00. The van der Waals surface area contributed by atoms with Crippen molar-refractivity contribution < 1.29 is 9.90 Å². The molecule has 1 atom stereocenters. The van der Waals surface area contributed by atoms with Gasteiger partial charge in [0.25, 0.3) is 5.91 Å². The number of fused-ring (bicyclic) bond motifs is 1. The smallest absolute Gasteiger partial charge is 0.257 e. The maximum absolute atomic E-state index is 13.1. The van der Waals surface area contributed by atoms with Gasteiger partial charge in [0.15, 0.2) is 5.72 Å². The van der Waals surface area contributed by atoms with Crippen LogP contribution in [0.4, 0.5) is 0 Å². The van der Waals surface area contributed by atoms with Gasteiger partial charge in [-0.05, 0) is 18.6 Å². The lowest BCUT2D eigenvalue weighted by molar-refractivity contribution is -0.0542. The number of carbonyl (C=O) groups excluding carboxylic acids is 1. The van der Waals surface area contributed by atoms with Gasteiger partial charge >= 0.3 is 0 Å². The second-order valence-electron chi connectivity index (χ2n) is 6.46. The van der Waals surface area contributed by atoms with Crippen molar-refractivity contribution in [2.75, 3.05) is 0 Å². The summed E-state index contributed by atoms with van der Waals surface area (Å²) in [4.78, 5) is 14.7. The Kier molecular flexibility index (Phi) is 3.66. The molecule has 124 valence electrons. The average molecular weight is 329 g/mol. The Morgan fingerprint density at radius 2 is 1.56 bits per heavy atom. The quantitative estimate of drug-likeness (QED) is 0.793. The fourth-order valence-electron chi connectivity index (χ4n) is 3.51. The molecule has 4 rings (SSSR count). The first-order valence-electron chi connectivity index (χ1n) is 8.35. The van der Waals surface area contributed by atoms with Crippen LogP contribution in [0.3, 0.4) is 0 Å². The van der Waals surface area contributed by atoms with Crippen LogP contribution in [-0.2, 0) is 12.3 Å². The van der Waals surface area contributed by atoms with E-state index in [1.54, 1.807) is 4.90 Å². The van der Waals surface area contributed by atoms with E-state index in [1.807, 2.05) is 85.8 Å². The van der Waals surface area contributed by atoms with E-state index in [0.29, 0.717) is 23.2 Å². The molecule has 0 fully saturated rings. The molecule has 3 aromatic rings. The van der Waals surface area contributed by atoms with Crippen LogP contribution in [0.1, 0.15) is 32.6 Å². The van der Waals surface area contributed by atoms with E-state index in [0.717, 1.165) is 11.1 Å². The lowest BCUT2D eigenvalue weighted by atomic mass is 9.93. The number of carbonyl (C=O) groups is 1. The summed E-state index contributed by atoms with van der Waals surface area (Å²) in [6, 6.07) is 24.8. The van der Waals surface area contributed by atoms with Gasteiger partial charge in [-0.1, -0.05) is 78.4 Å². The van der Waals surface area contributed by atoms with Gasteiger partial charge in [0.1, 0.15) is 0 Å². The van der Waals surface area contributed by atoms with Crippen LogP contribution in [-0.4, -0.2) is 15.9 Å². The average Bonchev–Trinajstić information content (AvgIpc) is 2.86. The van der Waals surface area contributed by atoms with Gasteiger partial charge in [-0.2, -0.15) is 0 Å². The van der Waals surface area contributed by atoms with Crippen molar-refractivity contribution in [2.24, 2.45) is 0 Å². The van der Waals surface area contributed by atoms with Crippen molar-refractivity contribution in [3.05, 3.63) is 107 Å². The van der Waals surface area contributed by atoms with E-state index in [2.05, 4.69) is 0 Å². The summed E-state index contributed by atoms with van der Waals surface area (Å²) < 4.78 is 0. The molecule has 0 bridgehead atoms. The van der Waals surface area contributed by atoms with Crippen LogP contribution < -0.4 is 0 Å². The van der Waals surface area contributed by atoms with Crippen LogP contribution in [0, 0.1) is 6.92 Å². The molecule has 1 N–H and O–H groups in total. The SMILES string of the molecule is Cc1ccc2c(c1)C(=O)N(Cc1ccccc1)C2(O)c1ccccc1. The minimum atomic E-state index is -1.46. The molecule has 0 spiro atoms. The van der Waals surface area contributed by atoms with Gasteiger partial charge in [-0.25, -0.2) is 0 Å². The minimum absolute atomic E-state index is 0.145. The topological polar surface area (TPSA) is 40.5 Å². The fraction of sp³-hybridized carbons (Fsp3) is 0.136. The highest BCUT2D eigenvalue weighted by Gasteiger charge is 2.49. The lowest BCUT2D eigenvalue weighted by Gasteiger charge is -2.35. The van der Waals surface area contributed by atoms with Crippen molar-refractivity contribution >= 4 is 5.91 Å². The van der Waals surface area contributed by atoms with Gasteiger partial charge in [-0.3, -0.25) is 9.69 Å². The van der Waals surface area contributed by atoms with E-state index >= 15 is 0 Å². The monoisotopic (exact) mass is 329 g/mol. The number of aryl methyl sites for hydroxylation is 1. The third-order valence-electron chi connectivity index (χ3n) is 4.78. The van der Waals surface area contributed by atoms with Crippen molar-refractivity contribution in [3.8, 4) is 0 Å². The maximum atomic E-state index is 13.1. The molecule has 0 saturated heterocycles. The standard InChI is InChI=1S/C22H19NO2/c1-16-12-13-20-19(14-16)21(24)23(15-17-8-4-2-5-9-17)22(20,25)18-10-6-3-7-11-18/h2-14,25H,15H2,1H3. The summed E-state index contributed by atoms with van der Waals surface area (Å²) in [6.07, 6.45) is 0. The molecule has 1 aliphatic heterocycles. The maximum Gasteiger partial charge on any atom is 0.257 e. The van der Waals surface area contributed by atoms with Crippen molar-refractivity contribution in [2.45, 2.75) is 19.2 Å². The molecular weight excluding hydrogens is 310 g/mol. The predicted molar refractivity (Wildman–Crippen MR) is 96.9 cm³/mol. The molecule has 3 heteroatoms. The fourth-order valence-corrected chi connectivity index (χ4v) is 3.51. The Bertz CT molecular complexity index is 921. The highest BCUT2D eigenvalue weighted by atomic mass is 16.3. The number of amides is 1. The van der Waals surface area contributed by atoms with E-state index in [9.17, 15) is 9.90 Å². The van der Waals surface area contributed by atoms with Gasteiger partial charge in [-0.15, -0.1) is 0 Å². The Labute approximate surface area is 147 Å². The third-order valence-corrected chi connectivity index (χ3v) is 4.78. The largest absolute Gasteiger partial charge is 0.363 e. The van der Waals surface area contributed by atoms with Crippen molar-refractivity contribution in [3.63, 3.8) is 0 Å². The zero-order chi connectivity index (χ0) is 17.4. The van der Waals surface area contributed by atoms with E-state index < -0.39 is 5.72 Å². The Balaban J connectivity index is 1.88. The summed E-state index contributed by atoms with van der Waals surface area (Å²) in [5.41, 5.74) is 2.44. The summed E-state index contributed by atoms with van der Waals surface area (Å²) >= 11 is 0. The number of hydrogen-bond acceptors (Lipinski definition) is 2. The molecule has 1 aliphatic rings. The molecule has 0 aromatic heterocycles. The first kappa shape index (κ1) is 15.6. The zero-order valence-electron chi connectivity index (χ0n) is 14.0. The molecule has 3 nitrogen and oxygen atoms in total. The van der Waals surface area contributed by atoms with Crippen LogP contribution in [0.25, 0.3) is 0 Å². The normalized spacial score (nSPS) is 19.1. The molecule has 25 heavy (non-hydrogen) atoms. The molecule has 3 aromatic carbocycles. The molecule has 0 radical (unpaired) electrons. The van der Waals surface area contributed by atoms with Gasteiger partial charge in [0.2, 0.25) is 0 Å². The van der Waals surface area contributed by atoms with Crippen LogP contribution in [0.5, 0.6) is 0 Å². The van der Waals surface area contributed by atoms with E-state index in [1.165, 1.54) is 0 Å². The van der Waals surface area contributed by atoms with Crippen LogP contribution in [0.2, 0.25) is 0 Å². The summed E-state index contributed by atoms with van der Waals surface area (Å²) in [5.74, 6) is -0.145. The molecule has 0 saturated carbocycles. The number of hydrogen-bond donors (Lipinski definition) is 1. The second kappa shape index (κ2) is 5.87. The lowest BCUT2D eigenvalue weighted by Crippen LogP contribution is -2.44. The zero-order valence-corrected chi connectivity index (χ0v) is 14.0. The number of rotatable bonds is 3. The van der Waals surface area contributed by atoms with Crippen LogP contribution >= 0.6 is 0 Å². The Morgan fingerprint density at radius 3 is 2.24 bits per heavy atom. The number of benzene rings is 3. The van der Waals surface area contributed by atoms with E-state index in [-0.39, 0.29) is 5.91 Å². The second-order valence-corrected chi connectivity index (χ2v) is 6.46. The minimum Gasteiger partial charge on any atom is -0.363 e. The predicted octanol–water partition coefficient (Wildman–Crippen LogP) is 3.84. The molecular formula is C22H19NO2. The molecule has 1 unspecified atom stereocenters. The van der Waals surface area contributed by atoms with Crippen LogP contribution in [0.15, 0.2) is 78.9 Å². The van der Waals surface area contributed by atoms with Gasteiger partial charge < -0.3 is 5.11 Å². The van der Waals surface area contributed by atoms with Crippen molar-refractivity contribution in [1.29, 1.82) is 0 Å². The first-order valence-corrected chi connectivity index (χ1v) is 8.35. The summed E-state index contributed by atoms with van der Waals surface area (Å²) in [6.45, 7) is 2.30. The van der Waals surface area contributed by atoms with Gasteiger partial charge in [0, 0.05) is 23.2 Å². The molecule has 1 heterocycles. The first-order chi connectivity index (χ1) is 12.1. The van der Waals surface area contributed by atoms with Crippen molar-refractivity contribution in [1.82, 2.24) is 4.90 Å². The van der Waals surface area contributed by atoms with E-state index in [4.69, 9.17) is 0 Å². The number of nitrogens with zero attached hydrogens (tertiary/aromatic N) is 1. The Morgan fingerprint density at radius 1 is 0.920 bits per heavy atom. The highest BCUT2D eigenvalue weighted by Crippen LogP contribution is 2.43. The van der Waals surface area contributed by atoms with Gasteiger partial charge in [0.05, 0.1) is 0 Å².